The maximum Gasteiger partial charge on any atom is 0.228 e. The predicted molar refractivity (Wildman–Crippen MR) is 127 cm³/mol. The number of hydrogen-bond donors (Lipinski definition) is 0. The van der Waals surface area contributed by atoms with Crippen LogP contribution >= 0.6 is 0 Å². The summed E-state index contributed by atoms with van der Waals surface area (Å²) >= 11 is 0. The van der Waals surface area contributed by atoms with Gasteiger partial charge in [0, 0.05) is 50.2 Å². The zero-order chi connectivity index (χ0) is 23.8. The number of nitrogens with zero attached hydrogens (tertiary/aromatic N) is 5. The van der Waals surface area contributed by atoms with Crippen LogP contribution in [-0.2, 0) is 22.6 Å². The van der Waals surface area contributed by atoms with Crippen molar-refractivity contribution in [2.75, 3.05) is 13.1 Å². The van der Waals surface area contributed by atoms with E-state index in [1.165, 1.54) is 6.92 Å². The molecule has 170 valence electrons. The van der Waals surface area contributed by atoms with Crippen LogP contribution in [0.1, 0.15) is 36.6 Å². The highest BCUT2D eigenvalue weighted by Crippen LogP contribution is 2.22. The first kappa shape index (κ1) is 23.7. The molecule has 2 amide bonds. The van der Waals surface area contributed by atoms with Crippen LogP contribution in [0, 0.1) is 11.3 Å². The molecule has 0 spiro atoms. The number of aromatic nitrogens is 2. The van der Waals surface area contributed by atoms with Crippen molar-refractivity contribution >= 4 is 11.8 Å². The van der Waals surface area contributed by atoms with E-state index in [-0.39, 0.29) is 24.3 Å². The molecule has 0 aliphatic carbocycles. The Morgan fingerprint density at radius 1 is 1.30 bits per heavy atom. The van der Waals surface area contributed by atoms with E-state index >= 15 is 0 Å². The summed E-state index contributed by atoms with van der Waals surface area (Å²) in [5, 5.41) is 8.97. The lowest BCUT2D eigenvalue weighted by molar-refractivity contribution is -0.134. The summed E-state index contributed by atoms with van der Waals surface area (Å²) in [7, 11) is 0. The highest BCUT2D eigenvalue weighted by molar-refractivity contribution is 5.79. The van der Waals surface area contributed by atoms with E-state index in [2.05, 4.69) is 24.2 Å². The number of allylic oxidation sites excluding steroid dienone is 3. The fraction of sp³-hybridized carbons (Fsp3) is 0.308. The summed E-state index contributed by atoms with van der Waals surface area (Å²) in [6.45, 7) is 10.7. The monoisotopic (exact) mass is 443 g/mol. The minimum absolute atomic E-state index is 0.0235. The fourth-order valence-corrected chi connectivity index (χ4v) is 4.14. The minimum atomic E-state index is -0.0946. The fourth-order valence-electron chi connectivity index (χ4n) is 4.14. The molecule has 2 heterocycles. The van der Waals surface area contributed by atoms with Gasteiger partial charge in [-0.15, -0.1) is 0 Å². The second kappa shape index (κ2) is 11.1. The van der Waals surface area contributed by atoms with Crippen LogP contribution in [-0.4, -0.2) is 50.3 Å². The van der Waals surface area contributed by atoms with E-state index in [9.17, 15) is 9.59 Å². The number of benzene rings is 1. The molecule has 1 aliphatic rings. The first-order valence-corrected chi connectivity index (χ1v) is 11.0. The Morgan fingerprint density at radius 2 is 2.06 bits per heavy atom. The molecular formula is C26H29N5O2. The lowest BCUT2D eigenvalue weighted by Crippen LogP contribution is -2.44. The van der Waals surface area contributed by atoms with Gasteiger partial charge in [-0.25, -0.2) is 4.98 Å². The minimum Gasteiger partial charge on any atom is -0.338 e. The maximum absolute atomic E-state index is 13.2. The number of nitriles is 1. The average Bonchev–Trinajstić information content (AvgIpc) is 3.46. The van der Waals surface area contributed by atoms with Gasteiger partial charge in [-0.1, -0.05) is 31.4 Å². The van der Waals surface area contributed by atoms with Crippen LogP contribution < -0.4 is 0 Å². The molecule has 3 rings (SSSR count). The standard InChI is InChI=1S/C26H29N5O2/c1-4-7-23(5-2)31(20(3)32)18-24-8-6-13-30(24)26(33)14-25-16-28-19-29(25)17-22-11-9-21(15-27)10-12-22/h4-5,7,9-12,16,19,24H,1-2,6,8,13-14,17-18H2,3H3/b23-7+/t24-/m0/s1. The highest BCUT2D eigenvalue weighted by atomic mass is 16.2. The molecule has 2 aromatic rings. The molecule has 1 fully saturated rings. The molecule has 33 heavy (non-hydrogen) atoms. The van der Waals surface area contributed by atoms with Gasteiger partial charge in [0.25, 0.3) is 0 Å². The molecule has 1 aliphatic heterocycles. The molecule has 0 N–H and O–H groups in total. The van der Waals surface area contributed by atoms with Crippen LogP contribution in [0.25, 0.3) is 0 Å². The van der Waals surface area contributed by atoms with Gasteiger partial charge in [0.2, 0.25) is 11.8 Å². The number of amides is 2. The van der Waals surface area contributed by atoms with Crippen LogP contribution in [0.5, 0.6) is 0 Å². The van der Waals surface area contributed by atoms with Crippen molar-refractivity contribution in [3.8, 4) is 6.07 Å². The summed E-state index contributed by atoms with van der Waals surface area (Å²) in [5.41, 5.74) is 3.15. The quantitative estimate of drug-likeness (QED) is 0.556. The van der Waals surface area contributed by atoms with Crippen molar-refractivity contribution in [2.24, 2.45) is 0 Å². The zero-order valence-electron chi connectivity index (χ0n) is 19.0. The molecular weight excluding hydrogens is 414 g/mol. The van der Waals surface area contributed by atoms with Gasteiger partial charge in [-0.2, -0.15) is 5.26 Å². The molecule has 7 nitrogen and oxygen atoms in total. The maximum atomic E-state index is 13.2. The normalized spacial score (nSPS) is 15.7. The summed E-state index contributed by atoms with van der Waals surface area (Å²) in [5.74, 6) is -0.0711. The largest absolute Gasteiger partial charge is 0.338 e. The van der Waals surface area contributed by atoms with Crippen molar-refractivity contribution in [1.82, 2.24) is 19.4 Å². The van der Waals surface area contributed by atoms with Crippen LogP contribution in [0.4, 0.5) is 0 Å². The number of likely N-dealkylation sites (tertiary alicyclic amines) is 1. The van der Waals surface area contributed by atoms with Crippen molar-refractivity contribution in [3.05, 3.63) is 90.7 Å². The van der Waals surface area contributed by atoms with Gasteiger partial charge < -0.3 is 14.4 Å². The Bertz CT molecular complexity index is 1090. The Balaban J connectivity index is 1.70. The van der Waals surface area contributed by atoms with E-state index in [0.29, 0.717) is 30.9 Å². The predicted octanol–water partition coefficient (Wildman–Crippen LogP) is 3.44. The molecule has 1 aromatic heterocycles. The zero-order valence-corrected chi connectivity index (χ0v) is 19.0. The van der Waals surface area contributed by atoms with Crippen molar-refractivity contribution in [2.45, 2.75) is 38.8 Å². The molecule has 1 aromatic carbocycles. The number of imidazole rings is 1. The Hall–Kier alpha value is -3.92. The molecule has 0 bridgehead atoms. The topological polar surface area (TPSA) is 82.2 Å². The van der Waals surface area contributed by atoms with E-state index in [1.807, 2.05) is 21.6 Å². The van der Waals surface area contributed by atoms with Crippen molar-refractivity contribution < 1.29 is 9.59 Å². The summed E-state index contributed by atoms with van der Waals surface area (Å²) in [4.78, 5) is 33.3. The van der Waals surface area contributed by atoms with Gasteiger partial charge in [-0.05, 0) is 42.7 Å². The molecule has 0 unspecified atom stereocenters. The van der Waals surface area contributed by atoms with Crippen LogP contribution in [0.2, 0.25) is 0 Å². The smallest absolute Gasteiger partial charge is 0.228 e. The van der Waals surface area contributed by atoms with Gasteiger partial charge in [0.1, 0.15) is 0 Å². The third kappa shape index (κ3) is 5.86. The summed E-state index contributed by atoms with van der Waals surface area (Å²) in [6.07, 6.45) is 10.4. The number of hydrogen-bond acceptors (Lipinski definition) is 4. The second-order valence-corrected chi connectivity index (χ2v) is 8.04. The lowest BCUT2D eigenvalue weighted by Gasteiger charge is -2.31. The first-order valence-electron chi connectivity index (χ1n) is 11.0. The van der Waals surface area contributed by atoms with E-state index < -0.39 is 0 Å². The van der Waals surface area contributed by atoms with E-state index in [1.54, 1.807) is 47.8 Å². The van der Waals surface area contributed by atoms with Crippen molar-refractivity contribution in [3.63, 3.8) is 0 Å². The molecule has 0 radical (unpaired) electrons. The Labute approximate surface area is 194 Å². The second-order valence-electron chi connectivity index (χ2n) is 8.04. The molecule has 0 saturated carbocycles. The SMILES string of the molecule is C=C/C=C(\C=C)N(C[C@@H]1CCCN1C(=O)Cc1cncn1Cc1ccc(C#N)cc1)C(C)=O. The third-order valence-corrected chi connectivity index (χ3v) is 5.85. The molecule has 1 saturated heterocycles. The third-order valence-electron chi connectivity index (χ3n) is 5.85. The first-order chi connectivity index (χ1) is 16.0. The van der Waals surface area contributed by atoms with Gasteiger partial charge >= 0.3 is 0 Å². The average molecular weight is 444 g/mol. The molecule has 1 atom stereocenters. The number of carbonyl (C=O) groups excluding carboxylic acids is 2. The Morgan fingerprint density at radius 3 is 2.70 bits per heavy atom. The van der Waals surface area contributed by atoms with Crippen LogP contribution in [0.15, 0.2) is 73.9 Å². The van der Waals surface area contributed by atoms with Crippen molar-refractivity contribution in [1.29, 1.82) is 5.26 Å². The van der Waals surface area contributed by atoms with E-state index in [4.69, 9.17) is 5.26 Å². The van der Waals surface area contributed by atoms with Gasteiger partial charge in [0.15, 0.2) is 0 Å². The Kier molecular flexibility index (Phi) is 7.98. The number of carbonyl (C=O) groups is 2. The van der Waals surface area contributed by atoms with Crippen LogP contribution in [0.3, 0.4) is 0 Å². The van der Waals surface area contributed by atoms with E-state index in [0.717, 1.165) is 24.1 Å². The number of rotatable bonds is 9. The summed E-state index contributed by atoms with van der Waals surface area (Å²) in [6, 6.07) is 9.45. The summed E-state index contributed by atoms with van der Waals surface area (Å²) < 4.78 is 1.95. The van der Waals surface area contributed by atoms with Gasteiger partial charge in [0.05, 0.1) is 24.4 Å². The molecule has 7 heteroatoms. The highest BCUT2D eigenvalue weighted by Gasteiger charge is 2.31. The van der Waals surface area contributed by atoms with Gasteiger partial charge in [-0.3, -0.25) is 9.59 Å². The lowest BCUT2D eigenvalue weighted by atomic mass is 10.1.